The van der Waals surface area contributed by atoms with Crippen LogP contribution in [0, 0.1) is 30.8 Å². The summed E-state index contributed by atoms with van der Waals surface area (Å²) in [4.78, 5) is 10.6. The number of hydrogen-bond acceptors (Lipinski definition) is 8. The molecule has 0 spiro atoms. The first-order valence-corrected chi connectivity index (χ1v) is 57.2. The van der Waals surface area contributed by atoms with Gasteiger partial charge in [0.15, 0.2) is 0 Å². The molecule has 16 heteroatoms. The summed E-state index contributed by atoms with van der Waals surface area (Å²) >= 11 is 25.1. The smallest absolute Gasteiger partial charge is 0.107 e. The highest BCUT2D eigenvalue weighted by molar-refractivity contribution is 15.0. The molecule has 0 aliphatic heterocycles. The lowest BCUT2D eigenvalue weighted by atomic mass is 10.1. The molecule has 90 heavy (non-hydrogen) atoms. The summed E-state index contributed by atoms with van der Waals surface area (Å²) in [6, 6.07) is 28.7. The lowest BCUT2D eigenvalue weighted by Crippen LogP contribution is -2.54. The highest BCUT2D eigenvalue weighted by atomic mass is 128. The second-order valence-corrected chi connectivity index (χ2v) is 63.5. The third-order valence-electron chi connectivity index (χ3n) is 20.6. The molecule has 0 nitrogen and oxygen atoms in total. The molecule has 0 unspecified atom stereocenters. The van der Waals surface area contributed by atoms with Gasteiger partial charge in [0.25, 0.3) is 0 Å². The van der Waals surface area contributed by atoms with Crippen molar-refractivity contribution in [2.75, 3.05) is 12.5 Å². The van der Waals surface area contributed by atoms with Crippen LogP contribution in [0.25, 0.3) is 39.7 Å². The number of rotatable bonds is 20. The quantitative estimate of drug-likeness (QED) is 0.0323. The van der Waals surface area contributed by atoms with Crippen molar-refractivity contribution in [3.8, 4) is 43.2 Å². The van der Waals surface area contributed by atoms with Gasteiger partial charge in [-0.1, -0.05) is 214 Å². The minimum absolute atomic E-state index is 0.703. The van der Waals surface area contributed by atoms with Crippen molar-refractivity contribution in [2.45, 2.75) is 242 Å². The molecule has 0 N–H and O–H groups in total. The van der Waals surface area contributed by atoms with Crippen molar-refractivity contribution in [2.24, 2.45) is 0 Å². The Kier molecular flexibility index (Phi) is 29.9. The second kappa shape index (κ2) is 33.8. The monoisotopic (exact) mass is 1870 g/mol. The van der Waals surface area contributed by atoms with Crippen LogP contribution in [0.15, 0.2) is 82.6 Å². The summed E-state index contributed by atoms with van der Waals surface area (Å²) < 4.78 is 12.3. The van der Waals surface area contributed by atoms with E-state index in [1.807, 2.05) is 45.3 Å². The van der Waals surface area contributed by atoms with Gasteiger partial charge in [-0.2, -0.15) is 0 Å². The van der Waals surface area contributed by atoms with Crippen LogP contribution in [-0.4, -0.2) is 44.8 Å². The van der Waals surface area contributed by atoms with Crippen LogP contribution in [0.3, 0.4) is 0 Å². The molecule has 0 fully saturated rings. The van der Waals surface area contributed by atoms with E-state index >= 15 is 0 Å². The molecule has 6 heterocycles. The summed E-state index contributed by atoms with van der Waals surface area (Å²) in [5, 5.41) is 2.85. The Labute approximate surface area is 634 Å². The van der Waals surface area contributed by atoms with Gasteiger partial charge in [-0.3, -0.25) is 0 Å². The zero-order valence-corrected chi connectivity index (χ0v) is 77.8. The van der Waals surface area contributed by atoms with E-state index in [1.165, 1.54) is 66.4 Å². The van der Waals surface area contributed by atoms with Gasteiger partial charge < -0.3 is 0 Å². The Morgan fingerprint density at radius 1 is 0.322 bits per heavy atom. The molecule has 8 aromatic rings. The van der Waals surface area contributed by atoms with Crippen molar-refractivity contribution < 1.29 is 0 Å². The minimum Gasteiger partial charge on any atom is -0.144 e. The molecule has 0 saturated heterocycles. The standard InChI is InChI=1S/C38H54S4Si2.C36H48I2S4Si2.I2/c1-25(2)43(26(3)4,27(5)6)37-21-19-33(41-37)17-15-31-23-36(40-14)32(24-35(31)39-13)16-18-34-20-22-38(42-34)44(28(7)8,29(9)10)30(11)12;1-19(2)43(20(3)4,21(5)6)31-15-13-27(39-31)35-33(37)25-17-30-26(18-29(25)41-35)34(38)36(42-30)28-14-16-32(40-28)44(22(7)8,23(9)10)24(11)12;1-2/h19-30H,1-14H3;13-24H,1-12H3;. The summed E-state index contributed by atoms with van der Waals surface area (Å²) in [5.41, 5.74) is 10.8. The van der Waals surface area contributed by atoms with E-state index in [9.17, 15) is 0 Å². The zero-order valence-electron chi connectivity index (χ0n) is 58.6. The molecular weight excluding hydrogens is 1770 g/mol. The molecule has 2 aromatic carbocycles. The first-order chi connectivity index (χ1) is 42.3. The van der Waals surface area contributed by atoms with Gasteiger partial charge >= 0.3 is 0 Å². The van der Waals surface area contributed by atoms with Gasteiger partial charge in [-0.15, -0.1) is 91.5 Å². The van der Waals surface area contributed by atoms with Crippen LogP contribution in [0.2, 0.25) is 66.5 Å². The number of thioether (sulfide) groups is 2. The molecule has 0 saturated carbocycles. The zero-order chi connectivity index (χ0) is 67.4. The number of benzene rings is 2. The fraction of sp³-hybridized carbons (Fsp3) is 0.514. The molecule has 8 rings (SSSR count). The van der Waals surface area contributed by atoms with Gasteiger partial charge in [-0.25, -0.2) is 0 Å². The van der Waals surface area contributed by atoms with E-state index in [-0.39, 0.29) is 0 Å². The molecular formula is C74H102I4S8Si4. The van der Waals surface area contributed by atoms with E-state index in [4.69, 9.17) is 0 Å². The number of halogens is 4. The maximum absolute atomic E-state index is 3.56. The topological polar surface area (TPSA) is 0 Å². The van der Waals surface area contributed by atoms with Crippen molar-refractivity contribution in [3.63, 3.8) is 0 Å². The van der Waals surface area contributed by atoms with Crippen molar-refractivity contribution >= 4 is 244 Å². The van der Waals surface area contributed by atoms with Gasteiger partial charge in [0.05, 0.1) is 19.5 Å². The Bertz CT molecular complexity index is 3480. The van der Waals surface area contributed by atoms with Gasteiger partial charge in [0, 0.05) is 95.2 Å². The SMILES string of the molecule is CC(C)[Si](c1ccc(-c2sc3cc4c(I)c(-c5ccc([Si](C(C)C)(C(C)C)C(C)C)s5)sc4cc3c2I)s1)(C(C)C)C(C)C.CSc1cc(C#Cc2ccc([Si](C(C)C)(C(C)C)C(C)C)s2)c(SC)cc1C#Cc1ccc([Si](C(C)C)(C(C)C)C(C)C)s1.II. The first-order valence-electron chi connectivity index (χ1n) is 32.5. The van der Waals surface area contributed by atoms with Gasteiger partial charge in [0.1, 0.15) is 32.3 Å². The normalized spacial score (nSPS) is 12.8. The molecule has 0 radical (unpaired) electrons. The number of fused-ring (bicyclic) bond motifs is 2. The Morgan fingerprint density at radius 3 is 0.811 bits per heavy atom. The lowest BCUT2D eigenvalue weighted by Gasteiger charge is -2.42. The molecule has 0 aliphatic carbocycles. The average Bonchev–Trinajstić information content (AvgIpc) is 1.58. The van der Waals surface area contributed by atoms with Crippen molar-refractivity contribution in [1.29, 1.82) is 0 Å². The summed E-state index contributed by atoms with van der Waals surface area (Å²) in [5.74, 6) is 14.2. The predicted molar refractivity (Wildman–Crippen MR) is 471 cm³/mol. The van der Waals surface area contributed by atoms with Crippen LogP contribution in [0.4, 0.5) is 0 Å². The highest BCUT2D eigenvalue weighted by Gasteiger charge is 2.49. The molecule has 490 valence electrons. The predicted octanol–water partition coefficient (Wildman–Crippen LogP) is 28.1. The highest BCUT2D eigenvalue weighted by Crippen LogP contribution is 2.51. The fourth-order valence-corrected chi connectivity index (χ4v) is 63.5. The fourth-order valence-electron chi connectivity index (χ4n) is 17.4. The minimum atomic E-state index is -1.66. The maximum Gasteiger partial charge on any atom is 0.107 e. The second-order valence-electron chi connectivity index (χ2n) is 28.3. The Balaban J connectivity index is 0.000000279. The largest absolute Gasteiger partial charge is 0.144 e. The van der Waals surface area contributed by atoms with Gasteiger partial charge in [-0.05, 0) is 191 Å². The van der Waals surface area contributed by atoms with E-state index in [0.29, 0.717) is 33.2 Å². The van der Waals surface area contributed by atoms with E-state index < -0.39 is 32.3 Å². The first kappa shape index (κ1) is 79.8. The van der Waals surface area contributed by atoms with Crippen molar-refractivity contribution in [1.82, 2.24) is 0 Å². The Hall–Kier alpha value is 0.768. The summed E-state index contributed by atoms with van der Waals surface area (Å²) in [7, 11) is -6.63. The summed E-state index contributed by atoms with van der Waals surface area (Å²) in [6.45, 7) is 59.0. The third kappa shape index (κ3) is 15.4. The van der Waals surface area contributed by atoms with Crippen molar-refractivity contribution in [3.05, 3.63) is 101 Å². The molecule has 0 amide bonds. The number of hydrogen-bond donors (Lipinski definition) is 0. The third-order valence-corrected chi connectivity index (χ3v) is 63.7. The van der Waals surface area contributed by atoms with E-state index in [2.05, 4.69) is 380 Å². The van der Waals surface area contributed by atoms with Crippen LogP contribution < -0.4 is 18.0 Å². The summed E-state index contributed by atoms with van der Waals surface area (Å²) in [6.07, 6.45) is 4.29. The lowest BCUT2D eigenvalue weighted by molar-refractivity contribution is 0.837. The molecule has 0 bridgehead atoms. The maximum atomic E-state index is 3.56. The average molecular weight is 1870 g/mol. The van der Waals surface area contributed by atoms with Crippen LogP contribution in [-0.2, 0) is 0 Å². The number of thiophene rings is 6. The van der Waals surface area contributed by atoms with Crippen LogP contribution in [0.1, 0.15) is 187 Å². The molecule has 6 aromatic heterocycles. The van der Waals surface area contributed by atoms with Gasteiger partial charge in [0.2, 0.25) is 0 Å². The molecule has 0 aliphatic rings. The Morgan fingerprint density at radius 2 is 0.567 bits per heavy atom. The molecule has 0 atom stereocenters. The van der Waals surface area contributed by atoms with Crippen LogP contribution >= 0.6 is 174 Å². The van der Waals surface area contributed by atoms with E-state index in [1.54, 1.807) is 41.5 Å². The van der Waals surface area contributed by atoms with E-state index in [0.717, 1.165) is 44.4 Å². The van der Waals surface area contributed by atoms with Crippen LogP contribution in [0.5, 0.6) is 0 Å².